The zero-order valence-corrected chi connectivity index (χ0v) is 13.6. The number of hydrogen-bond donors (Lipinski definition) is 0. The van der Waals surface area contributed by atoms with Crippen molar-refractivity contribution in [3.05, 3.63) is 75.8 Å². The minimum Gasteiger partial charge on any atom is -0.497 e. The molecule has 0 amide bonds. The van der Waals surface area contributed by atoms with Crippen molar-refractivity contribution in [2.75, 3.05) is 7.11 Å². The molecule has 0 aliphatic carbocycles. The largest absolute Gasteiger partial charge is 0.497 e. The van der Waals surface area contributed by atoms with E-state index in [1.54, 1.807) is 25.3 Å². The van der Waals surface area contributed by atoms with Crippen LogP contribution in [0.4, 0.5) is 0 Å². The Kier molecular flexibility index (Phi) is 4.22. The van der Waals surface area contributed by atoms with E-state index in [-0.39, 0.29) is 5.97 Å². The Morgan fingerprint density at radius 2 is 1.87 bits per heavy atom. The van der Waals surface area contributed by atoms with Crippen molar-refractivity contribution >= 4 is 29.4 Å². The molecule has 0 unspecified atom stereocenters. The zero-order chi connectivity index (χ0) is 16.4. The lowest BCUT2D eigenvalue weighted by atomic mass is 10.0. The van der Waals surface area contributed by atoms with Gasteiger partial charge in [-0.15, -0.1) is 0 Å². The summed E-state index contributed by atoms with van der Waals surface area (Å²) in [5.74, 6) is 0.963. The van der Waals surface area contributed by atoms with Crippen LogP contribution < -0.4 is 4.74 Å². The maximum absolute atomic E-state index is 12.1. The summed E-state index contributed by atoms with van der Waals surface area (Å²) in [6.07, 6.45) is 3.56. The number of benzene rings is 2. The van der Waals surface area contributed by atoms with Gasteiger partial charge in [0.2, 0.25) is 0 Å². The molecule has 0 aromatic heterocycles. The Morgan fingerprint density at radius 3 is 2.52 bits per heavy atom. The van der Waals surface area contributed by atoms with Crippen molar-refractivity contribution in [2.45, 2.75) is 6.92 Å². The van der Waals surface area contributed by atoms with Crippen LogP contribution >= 0.6 is 11.6 Å². The summed E-state index contributed by atoms with van der Waals surface area (Å²) in [7, 11) is 1.63. The molecular weight excluding hydrogens is 312 g/mol. The van der Waals surface area contributed by atoms with E-state index < -0.39 is 0 Å². The smallest absolute Gasteiger partial charge is 0.343 e. The number of rotatable bonds is 3. The van der Waals surface area contributed by atoms with Crippen molar-refractivity contribution in [3.63, 3.8) is 0 Å². The molecule has 1 aliphatic rings. The molecule has 4 heteroatoms. The summed E-state index contributed by atoms with van der Waals surface area (Å²) >= 11 is 5.88. The third kappa shape index (κ3) is 3.30. The summed E-state index contributed by atoms with van der Waals surface area (Å²) < 4.78 is 10.5. The highest BCUT2D eigenvalue weighted by Crippen LogP contribution is 2.29. The molecule has 116 valence electrons. The monoisotopic (exact) mass is 326 g/mol. The fourth-order valence-electron chi connectivity index (χ4n) is 2.35. The van der Waals surface area contributed by atoms with Crippen molar-refractivity contribution in [1.82, 2.24) is 0 Å². The van der Waals surface area contributed by atoms with Crippen molar-refractivity contribution < 1.29 is 14.3 Å². The Hall–Kier alpha value is -2.52. The van der Waals surface area contributed by atoms with E-state index in [4.69, 9.17) is 21.1 Å². The van der Waals surface area contributed by atoms with Crippen LogP contribution in [0.15, 0.2) is 54.1 Å². The van der Waals surface area contributed by atoms with Crippen molar-refractivity contribution in [3.8, 4) is 5.75 Å². The molecule has 2 aromatic carbocycles. The van der Waals surface area contributed by atoms with Crippen LogP contribution in [-0.4, -0.2) is 13.1 Å². The number of carbonyl (C=O) groups excluding carboxylic acids is 1. The molecule has 1 heterocycles. The highest BCUT2D eigenvalue weighted by molar-refractivity contribution is 6.30. The molecule has 2 aromatic rings. The van der Waals surface area contributed by atoms with Gasteiger partial charge in [0.25, 0.3) is 0 Å². The predicted octanol–water partition coefficient (Wildman–Crippen LogP) is 4.64. The summed E-state index contributed by atoms with van der Waals surface area (Å²) in [6.45, 7) is 1.97. The lowest BCUT2D eigenvalue weighted by Crippen LogP contribution is -1.97. The molecule has 0 N–H and O–H groups in total. The maximum Gasteiger partial charge on any atom is 0.343 e. The van der Waals surface area contributed by atoms with E-state index in [0.29, 0.717) is 16.4 Å². The number of aryl methyl sites for hydroxylation is 1. The first-order valence-corrected chi connectivity index (χ1v) is 7.51. The van der Waals surface area contributed by atoms with E-state index in [2.05, 4.69) is 0 Å². The van der Waals surface area contributed by atoms with E-state index in [9.17, 15) is 4.79 Å². The van der Waals surface area contributed by atoms with Gasteiger partial charge in [-0.1, -0.05) is 17.7 Å². The van der Waals surface area contributed by atoms with Gasteiger partial charge >= 0.3 is 5.97 Å². The molecule has 0 spiro atoms. The Labute approximate surface area is 139 Å². The Balaban J connectivity index is 1.93. The van der Waals surface area contributed by atoms with Gasteiger partial charge in [0.15, 0.2) is 0 Å². The summed E-state index contributed by atoms with van der Waals surface area (Å²) in [5, 5.41) is 0.642. The minimum absolute atomic E-state index is 0.356. The second kappa shape index (κ2) is 6.31. The number of carbonyl (C=O) groups is 1. The zero-order valence-electron chi connectivity index (χ0n) is 12.8. The molecule has 0 saturated heterocycles. The third-order valence-electron chi connectivity index (χ3n) is 3.64. The van der Waals surface area contributed by atoms with E-state index in [1.165, 1.54) is 0 Å². The fraction of sp³-hybridized carbons (Fsp3) is 0.105. The van der Waals surface area contributed by atoms with Crippen LogP contribution in [-0.2, 0) is 9.53 Å². The Morgan fingerprint density at radius 1 is 1.13 bits per heavy atom. The van der Waals surface area contributed by atoms with E-state index in [0.717, 1.165) is 22.4 Å². The highest BCUT2D eigenvalue weighted by atomic mass is 35.5. The van der Waals surface area contributed by atoms with Gasteiger partial charge in [-0.2, -0.15) is 0 Å². The van der Waals surface area contributed by atoms with Gasteiger partial charge in [-0.25, -0.2) is 4.79 Å². The van der Waals surface area contributed by atoms with Crippen LogP contribution in [0.25, 0.3) is 11.8 Å². The summed E-state index contributed by atoms with van der Waals surface area (Å²) in [5.41, 5.74) is 3.31. The summed E-state index contributed by atoms with van der Waals surface area (Å²) in [4.78, 5) is 12.1. The van der Waals surface area contributed by atoms with Gasteiger partial charge < -0.3 is 9.47 Å². The van der Waals surface area contributed by atoms with Gasteiger partial charge in [-0.3, -0.25) is 0 Å². The average Bonchev–Trinajstić information content (AvgIpc) is 2.91. The Bertz CT molecular complexity index is 817. The molecule has 0 saturated carbocycles. The number of hydrogen-bond acceptors (Lipinski definition) is 3. The molecular formula is C19H15ClO3. The topological polar surface area (TPSA) is 35.5 Å². The van der Waals surface area contributed by atoms with Crippen molar-refractivity contribution in [1.29, 1.82) is 0 Å². The highest BCUT2D eigenvalue weighted by Gasteiger charge is 2.22. The fourth-order valence-corrected chi connectivity index (χ4v) is 2.48. The number of ether oxygens (including phenoxy) is 2. The van der Waals surface area contributed by atoms with E-state index in [1.807, 2.05) is 43.3 Å². The quantitative estimate of drug-likeness (QED) is 0.609. The summed E-state index contributed by atoms with van der Waals surface area (Å²) in [6, 6.07) is 12.9. The molecule has 0 radical (unpaired) electrons. The van der Waals surface area contributed by atoms with Crippen LogP contribution in [0, 0.1) is 6.92 Å². The molecule has 1 aliphatic heterocycles. The van der Waals surface area contributed by atoms with Crippen molar-refractivity contribution in [2.24, 2.45) is 0 Å². The molecule has 0 fully saturated rings. The number of esters is 1. The predicted molar refractivity (Wildman–Crippen MR) is 91.2 cm³/mol. The first-order chi connectivity index (χ1) is 11.1. The number of methoxy groups -OCH3 is 1. The first kappa shape index (κ1) is 15.4. The SMILES string of the molecule is COc1ccc(/C=C2\C=C(c3ccc(Cl)cc3)OC2=O)c(C)c1. The molecule has 0 bridgehead atoms. The van der Waals surface area contributed by atoms with Gasteiger partial charge in [0, 0.05) is 10.6 Å². The number of halogens is 1. The van der Waals surface area contributed by atoms with E-state index >= 15 is 0 Å². The van der Waals surface area contributed by atoms with Crippen LogP contribution in [0.5, 0.6) is 5.75 Å². The molecule has 23 heavy (non-hydrogen) atoms. The minimum atomic E-state index is -0.356. The van der Waals surface area contributed by atoms with Crippen LogP contribution in [0.2, 0.25) is 5.02 Å². The first-order valence-electron chi connectivity index (χ1n) is 7.13. The second-order valence-corrected chi connectivity index (χ2v) is 5.66. The molecule has 3 nitrogen and oxygen atoms in total. The second-order valence-electron chi connectivity index (χ2n) is 5.23. The normalized spacial score (nSPS) is 15.5. The lowest BCUT2D eigenvalue weighted by Gasteiger charge is -2.04. The third-order valence-corrected chi connectivity index (χ3v) is 3.89. The molecule has 0 atom stereocenters. The standard InChI is InChI=1S/C19H15ClO3/c1-12-9-17(22-2)8-5-14(12)10-15-11-18(23-19(15)21)13-3-6-16(20)7-4-13/h3-11H,1-2H3/b15-10+. The lowest BCUT2D eigenvalue weighted by molar-refractivity contribution is -0.130. The number of cyclic esters (lactones) is 1. The van der Waals surface area contributed by atoms with Crippen LogP contribution in [0.3, 0.4) is 0 Å². The van der Waals surface area contributed by atoms with Crippen LogP contribution in [0.1, 0.15) is 16.7 Å². The van der Waals surface area contributed by atoms with Gasteiger partial charge in [0.05, 0.1) is 12.7 Å². The van der Waals surface area contributed by atoms with Gasteiger partial charge in [0.1, 0.15) is 11.5 Å². The maximum atomic E-state index is 12.1. The average molecular weight is 327 g/mol. The molecule has 3 rings (SSSR count). The van der Waals surface area contributed by atoms with Gasteiger partial charge in [-0.05, 0) is 66.6 Å².